The molecule has 2 aromatic rings. The van der Waals surface area contributed by atoms with Gasteiger partial charge in [-0.2, -0.15) is 0 Å². The van der Waals surface area contributed by atoms with Gasteiger partial charge in [0.05, 0.1) is 17.7 Å². The highest BCUT2D eigenvalue weighted by molar-refractivity contribution is 8.03. The molecule has 7 nitrogen and oxygen atoms in total. The lowest BCUT2D eigenvalue weighted by Crippen LogP contribution is -2.32. The lowest BCUT2D eigenvalue weighted by Gasteiger charge is -2.17. The lowest BCUT2D eigenvalue weighted by atomic mass is 10.00. The number of benzene rings is 1. The van der Waals surface area contributed by atoms with Gasteiger partial charge in [0.2, 0.25) is 0 Å². The molecule has 1 fully saturated rings. The van der Waals surface area contributed by atoms with Crippen molar-refractivity contribution in [1.29, 1.82) is 5.26 Å². The maximum atomic E-state index is 13.5. The summed E-state index contributed by atoms with van der Waals surface area (Å²) in [5, 5.41) is 19.6. The third-order valence-corrected chi connectivity index (χ3v) is 7.22. The number of rotatable bonds is 7. The van der Waals surface area contributed by atoms with Crippen LogP contribution in [0, 0.1) is 17.9 Å². The Morgan fingerprint density at radius 2 is 2.25 bits per heavy atom. The zero-order valence-electron chi connectivity index (χ0n) is 17.6. The second-order valence-electron chi connectivity index (χ2n) is 6.77. The van der Waals surface area contributed by atoms with Crippen LogP contribution >= 0.6 is 23.1 Å². The number of thiazole rings is 1. The number of hydrogen-bond acceptors (Lipinski definition) is 7. The zero-order chi connectivity index (χ0) is 23.1. The largest absolute Gasteiger partial charge is 0.366 e. The highest BCUT2D eigenvalue weighted by Crippen LogP contribution is 2.31. The molecule has 0 bridgehead atoms. The van der Waals surface area contributed by atoms with Crippen LogP contribution in [0.5, 0.6) is 0 Å². The van der Waals surface area contributed by atoms with E-state index in [-0.39, 0.29) is 24.4 Å². The van der Waals surface area contributed by atoms with E-state index in [9.17, 15) is 10.1 Å². The molecule has 2 heterocycles. The molecule has 0 spiro atoms. The van der Waals surface area contributed by atoms with Crippen molar-refractivity contribution in [1.82, 2.24) is 9.47 Å². The number of nitriles is 1. The van der Waals surface area contributed by atoms with Crippen LogP contribution in [-0.2, 0) is 18.0 Å². The first-order valence-electron chi connectivity index (χ1n) is 9.90. The third-order valence-electron chi connectivity index (χ3n) is 4.96. The summed E-state index contributed by atoms with van der Waals surface area (Å²) < 4.78 is 2.13. The maximum absolute atomic E-state index is 13.5. The molecule has 9 heteroatoms. The van der Waals surface area contributed by atoms with Gasteiger partial charge in [-0.05, 0) is 24.1 Å². The molecule has 1 saturated heterocycles. The third kappa shape index (κ3) is 4.72. The van der Waals surface area contributed by atoms with Crippen LogP contribution in [0.3, 0.4) is 0 Å². The van der Waals surface area contributed by atoms with E-state index in [1.807, 2.05) is 36.4 Å². The van der Waals surface area contributed by atoms with Gasteiger partial charge in [-0.25, -0.2) is 15.0 Å². The van der Waals surface area contributed by atoms with Crippen molar-refractivity contribution in [2.24, 2.45) is 0 Å². The first-order valence-corrected chi connectivity index (χ1v) is 11.7. The Hall–Kier alpha value is -3.08. The summed E-state index contributed by atoms with van der Waals surface area (Å²) in [6.45, 7) is 15.1. The Kier molecular flexibility index (Phi) is 8.09. The van der Waals surface area contributed by atoms with E-state index in [2.05, 4.69) is 28.1 Å². The van der Waals surface area contributed by atoms with Crippen LogP contribution in [0.2, 0.25) is 0 Å². The Morgan fingerprint density at radius 1 is 1.47 bits per heavy atom. The Morgan fingerprint density at radius 3 is 2.91 bits per heavy atom. The molecule has 1 aliphatic rings. The quantitative estimate of drug-likeness (QED) is 0.292. The van der Waals surface area contributed by atoms with Gasteiger partial charge >= 0.3 is 0 Å². The molecule has 3 rings (SSSR count). The average Bonchev–Trinajstić information content (AvgIpc) is 3.39. The molecule has 0 amide bonds. The molecule has 1 aromatic heterocycles. The van der Waals surface area contributed by atoms with Crippen LogP contribution in [0.4, 0.5) is 0 Å². The second kappa shape index (κ2) is 11.0. The van der Waals surface area contributed by atoms with E-state index in [1.54, 1.807) is 17.8 Å². The molecule has 1 aliphatic heterocycles. The fraction of sp³-hybridized carbons (Fsp3) is 0.261. The monoisotopic (exact) mass is 466 g/mol. The summed E-state index contributed by atoms with van der Waals surface area (Å²) in [6, 6.07) is 9.29. The molecule has 0 atom stereocenters. The number of allylic oxidation sites excluding steroid dienone is 2. The van der Waals surface area contributed by atoms with Gasteiger partial charge in [0, 0.05) is 31.0 Å². The topological polar surface area (TPSA) is 82.9 Å². The van der Waals surface area contributed by atoms with E-state index in [4.69, 9.17) is 11.8 Å². The molecule has 0 radical (unpaired) electrons. The number of aromatic nitrogens is 1. The Labute approximate surface area is 194 Å². The van der Waals surface area contributed by atoms with Crippen molar-refractivity contribution in [3.8, 4) is 6.07 Å². The van der Waals surface area contributed by atoms with Gasteiger partial charge < -0.3 is 9.47 Å². The fourth-order valence-electron chi connectivity index (χ4n) is 3.45. The van der Waals surface area contributed by atoms with E-state index in [0.29, 0.717) is 20.3 Å². The van der Waals surface area contributed by atoms with Gasteiger partial charge in [-0.15, -0.1) is 29.7 Å². The summed E-state index contributed by atoms with van der Waals surface area (Å²) >= 11 is 2.84. The van der Waals surface area contributed by atoms with Crippen LogP contribution < -0.4 is 14.8 Å². The van der Waals surface area contributed by atoms with Crippen molar-refractivity contribution in [2.75, 3.05) is 18.8 Å². The van der Waals surface area contributed by atoms with Gasteiger partial charge in [-0.1, -0.05) is 30.3 Å². The smallest absolute Gasteiger partial charge is 0.294 e. The van der Waals surface area contributed by atoms with Crippen molar-refractivity contribution in [3.05, 3.63) is 90.1 Å². The van der Waals surface area contributed by atoms with Crippen molar-refractivity contribution >= 4 is 34.4 Å². The molecule has 164 valence electrons. The van der Waals surface area contributed by atoms with E-state index in [1.165, 1.54) is 4.57 Å². The second-order valence-corrected chi connectivity index (χ2v) is 8.88. The summed E-state index contributed by atoms with van der Waals surface area (Å²) in [6.07, 6.45) is 3.55. The molecule has 0 saturated carbocycles. The van der Waals surface area contributed by atoms with E-state index < -0.39 is 0 Å². The van der Waals surface area contributed by atoms with Gasteiger partial charge in [0.1, 0.15) is 15.8 Å². The minimum absolute atomic E-state index is 0.0375. The molecular formula is C23H22N4O3S2. The summed E-state index contributed by atoms with van der Waals surface area (Å²) in [5.74, 6) is 0.953. The van der Waals surface area contributed by atoms with E-state index >= 15 is 0 Å². The predicted molar refractivity (Wildman–Crippen MR) is 128 cm³/mol. The molecular weight excluding hydrogens is 444 g/mol. The van der Waals surface area contributed by atoms with E-state index in [0.717, 1.165) is 40.8 Å². The lowest BCUT2D eigenvalue weighted by molar-refractivity contribution is -0.253. The number of hydrogen-bond donors (Lipinski definition) is 1. The number of thioether (sulfide) groups is 1. The van der Waals surface area contributed by atoms with Crippen molar-refractivity contribution in [2.45, 2.75) is 20.1 Å². The predicted octanol–water partition coefficient (Wildman–Crippen LogP) is 2.75. The first kappa shape index (κ1) is 23.6. The normalized spacial score (nSPS) is 16.5. The Balaban J connectivity index is 2.49. The highest BCUT2D eigenvalue weighted by atomic mass is 32.2. The van der Waals surface area contributed by atoms with Gasteiger partial charge in [-0.3, -0.25) is 10.1 Å². The van der Waals surface area contributed by atoms with Crippen LogP contribution in [0.1, 0.15) is 18.1 Å². The van der Waals surface area contributed by atoms with Gasteiger partial charge in [0.15, 0.2) is 0 Å². The SMILES string of the molecule is [C-]#[N+]C(C#N)=c1sc(=C(C=C2SCCN2CC)c2ccccc2COO)c(=O)n1CC=C. The minimum atomic E-state index is -0.293. The zero-order valence-corrected chi connectivity index (χ0v) is 19.2. The highest BCUT2D eigenvalue weighted by Gasteiger charge is 2.20. The summed E-state index contributed by atoms with van der Waals surface area (Å²) in [7, 11) is 0. The average molecular weight is 467 g/mol. The van der Waals surface area contributed by atoms with Crippen LogP contribution in [-0.4, -0.2) is 33.6 Å². The Bertz CT molecular complexity index is 1290. The molecule has 1 N–H and O–H groups in total. The fourth-order valence-corrected chi connectivity index (χ4v) is 5.70. The summed E-state index contributed by atoms with van der Waals surface area (Å²) in [4.78, 5) is 23.4. The van der Waals surface area contributed by atoms with Crippen LogP contribution in [0.15, 0.2) is 52.8 Å². The first-order chi connectivity index (χ1) is 15.6. The van der Waals surface area contributed by atoms with Crippen molar-refractivity contribution < 1.29 is 10.1 Å². The maximum Gasteiger partial charge on any atom is 0.294 e. The molecule has 1 aromatic carbocycles. The molecule has 32 heavy (non-hydrogen) atoms. The van der Waals surface area contributed by atoms with Crippen molar-refractivity contribution in [3.63, 3.8) is 0 Å². The van der Waals surface area contributed by atoms with Crippen LogP contribution in [0.25, 0.3) is 16.1 Å². The standard InChI is InChI=1S/C23H22N4O3S2/c1-4-10-27-22(28)21(32-23(27)19(14-24)25-3)18(13-20-26(5-2)11-12-31-20)17-9-7-6-8-16(17)15-30-29/h4,6-9,13,29H,1,5,10-12,15H2,2H3. The number of nitrogens with zero attached hydrogens (tertiary/aromatic N) is 4. The molecule has 0 aliphatic carbocycles. The van der Waals surface area contributed by atoms with Gasteiger partial charge in [0.25, 0.3) is 11.3 Å². The summed E-state index contributed by atoms with van der Waals surface area (Å²) in [5.41, 5.74) is 1.70. The minimum Gasteiger partial charge on any atom is -0.366 e. The molecule has 0 unspecified atom stereocenters.